The van der Waals surface area contributed by atoms with Gasteiger partial charge in [-0.25, -0.2) is 0 Å². The molecule has 0 aliphatic heterocycles. The average Bonchev–Trinajstić information content (AvgIpc) is 2.97. The highest BCUT2D eigenvalue weighted by molar-refractivity contribution is 5.25. The third-order valence-electron chi connectivity index (χ3n) is 3.50. The van der Waals surface area contributed by atoms with Crippen molar-refractivity contribution in [1.82, 2.24) is 5.32 Å². The summed E-state index contributed by atoms with van der Waals surface area (Å²) < 4.78 is 5.41. The van der Waals surface area contributed by atoms with Crippen molar-refractivity contribution < 1.29 is 4.42 Å². The van der Waals surface area contributed by atoms with E-state index in [1.54, 1.807) is 6.26 Å². The second-order valence-corrected chi connectivity index (χ2v) is 4.82. The maximum absolute atomic E-state index is 5.41. The molecule has 2 nitrogen and oxygen atoms in total. The fourth-order valence-electron chi connectivity index (χ4n) is 2.36. The molecule has 2 rings (SSSR count). The minimum absolute atomic E-state index is 0.404. The van der Waals surface area contributed by atoms with Crippen LogP contribution >= 0.6 is 0 Å². The van der Waals surface area contributed by atoms with Gasteiger partial charge in [0, 0.05) is 12.5 Å². The van der Waals surface area contributed by atoms with Crippen LogP contribution in [0.2, 0.25) is 0 Å². The van der Waals surface area contributed by atoms with Crippen LogP contribution in [0.25, 0.3) is 0 Å². The van der Waals surface area contributed by atoms with Crippen LogP contribution in [0, 0.1) is 0 Å². The van der Waals surface area contributed by atoms with E-state index in [-0.39, 0.29) is 0 Å². The van der Waals surface area contributed by atoms with Gasteiger partial charge in [-0.2, -0.15) is 0 Å². The van der Waals surface area contributed by atoms with E-state index >= 15 is 0 Å². The molecule has 2 aromatic rings. The van der Waals surface area contributed by atoms with Crippen molar-refractivity contribution in [1.29, 1.82) is 0 Å². The number of furan rings is 1. The zero-order chi connectivity index (χ0) is 13.5. The highest BCUT2D eigenvalue weighted by Gasteiger charge is 2.11. The van der Waals surface area contributed by atoms with Gasteiger partial charge < -0.3 is 9.73 Å². The second kappa shape index (κ2) is 7.15. The molecule has 0 bridgehead atoms. The Labute approximate surface area is 115 Å². The zero-order valence-electron chi connectivity index (χ0n) is 11.9. The maximum atomic E-state index is 5.41. The highest BCUT2D eigenvalue weighted by atomic mass is 16.3. The molecule has 0 amide bonds. The van der Waals surface area contributed by atoms with Crippen LogP contribution in [0.1, 0.15) is 43.2 Å². The molecule has 1 aromatic heterocycles. The highest BCUT2D eigenvalue weighted by Crippen LogP contribution is 2.20. The number of nitrogens with one attached hydrogen (secondary N) is 1. The predicted octanol–water partition coefficient (Wildman–Crippen LogP) is 4.13. The summed E-state index contributed by atoms with van der Waals surface area (Å²) in [6.07, 6.45) is 4.87. The quantitative estimate of drug-likeness (QED) is 0.807. The van der Waals surface area contributed by atoms with E-state index in [1.807, 2.05) is 12.1 Å². The fraction of sp³-hybridized carbons (Fsp3) is 0.412. The standard InChI is InChI=1S/C17H23NO/c1-3-14-7-9-15(10-8-14)17(18-4-2)12-11-16-6-5-13-19-16/h5-10,13,17-18H,3-4,11-12H2,1-2H3. The smallest absolute Gasteiger partial charge is 0.103 e. The molecule has 0 fully saturated rings. The van der Waals surface area contributed by atoms with Crippen LogP contribution in [0.15, 0.2) is 47.1 Å². The van der Waals surface area contributed by atoms with Gasteiger partial charge in [-0.15, -0.1) is 0 Å². The molecule has 0 radical (unpaired) electrons. The second-order valence-electron chi connectivity index (χ2n) is 4.82. The first kappa shape index (κ1) is 13.9. The Hall–Kier alpha value is -1.54. The van der Waals surface area contributed by atoms with E-state index in [9.17, 15) is 0 Å². The summed E-state index contributed by atoms with van der Waals surface area (Å²) in [5, 5.41) is 3.56. The summed E-state index contributed by atoms with van der Waals surface area (Å²) in [5.41, 5.74) is 2.76. The summed E-state index contributed by atoms with van der Waals surface area (Å²) in [5.74, 6) is 1.06. The Kier molecular flexibility index (Phi) is 5.22. The van der Waals surface area contributed by atoms with E-state index in [2.05, 4.69) is 43.4 Å². The average molecular weight is 257 g/mol. The van der Waals surface area contributed by atoms with E-state index in [0.717, 1.165) is 31.6 Å². The molecule has 102 valence electrons. The number of hydrogen-bond donors (Lipinski definition) is 1. The molecule has 0 aliphatic carbocycles. The van der Waals surface area contributed by atoms with Gasteiger partial charge in [-0.05, 0) is 42.6 Å². The third-order valence-corrected chi connectivity index (χ3v) is 3.50. The van der Waals surface area contributed by atoms with Crippen LogP contribution in [-0.2, 0) is 12.8 Å². The van der Waals surface area contributed by atoms with Crippen molar-refractivity contribution in [2.75, 3.05) is 6.54 Å². The van der Waals surface area contributed by atoms with E-state index in [4.69, 9.17) is 4.42 Å². The molecule has 0 saturated carbocycles. The van der Waals surface area contributed by atoms with Crippen molar-refractivity contribution in [3.63, 3.8) is 0 Å². The maximum Gasteiger partial charge on any atom is 0.103 e. The van der Waals surface area contributed by atoms with Gasteiger partial charge in [-0.1, -0.05) is 38.1 Å². The molecule has 0 aliphatic rings. The Bertz CT molecular complexity index is 459. The van der Waals surface area contributed by atoms with E-state index < -0.39 is 0 Å². The molecule has 1 atom stereocenters. The Balaban J connectivity index is 2.01. The summed E-state index contributed by atoms with van der Waals surface area (Å²) >= 11 is 0. The molecule has 1 aromatic carbocycles. The molecular weight excluding hydrogens is 234 g/mol. The topological polar surface area (TPSA) is 25.2 Å². The molecule has 0 spiro atoms. The summed E-state index contributed by atoms with van der Waals surface area (Å²) in [6, 6.07) is 13.3. The largest absolute Gasteiger partial charge is 0.469 e. The lowest BCUT2D eigenvalue weighted by Crippen LogP contribution is -2.21. The Morgan fingerprint density at radius 3 is 2.47 bits per heavy atom. The van der Waals surface area contributed by atoms with Crippen molar-refractivity contribution in [3.05, 3.63) is 59.5 Å². The van der Waals surface area contributed by atoms with Gasteiger partial charge in [0.15, 0.2) is 0 Å². The van der Waals surface area contributed by atoms with Crippen molar-refractivity contribution in [3.8, 4) is 0 Å². The lowest BCUT2D eigenvalue weighted by atomic mass is 9.99. The van der Waals surface area contributed by atoms with Gasteiger partial charge in [0.05, 0.1) is 6.26 Å². The molecule has 1 N–H and O–H groups in total. The summed E-state index contributed by atoms with van der Waals surface area (Å²) in [4.78, 5) is 0. The van der Waals surface area contributed by atoms with E-state index in [0.29, 0.717) is 6.04 Å². The number of benzene rings is 1. The summed E-state index contributed by atoms with van der Waals surface area (Å²) in [7, 11) is 0. The van der Waals surface area contributed by atoms with Crippen LogP contribution in [-0.4, -0.2) is 6.54 Å². The van der Waals surface area contributed by atoms with Crippen LogP contribution < -0.4 is 5.32 Å². The van der Waals surface area contributed by atoms with Crippen LogP contribution in [0.5, 0.6) is 0 Å². The van der Waals surface area contributed by atoms with Gasteiger partial charge in [0.25, 0.3) is 0 Å². The minimum atomic E-state index is 0.404. The third kappa shape index (κ3) is 3.97. The number of aryl methyl sites for hydroxylation is 2. The normalized spacial score (nSPS) is 12.5. The molecular formula is C17H23NO. The van der Waals surface area contributed by atoms with E-state index in [1.165, 1.54) is 11.1 Å². The Morgan fingerprint density at radius 1 is 1.11 bits per heavy atom. The van der Waals surface area contributed by atoms with Gasteiger partial charge >= 0.3 is 0 Å². The van der Waals surface area contributed by atoms with Gasteiger partial charge in [-0.3, -0.25) is 0 Å². The molecule has 0 saturated heterocycles. The molecule has 1 unspecified atom stereocenters. The minimum Gasteiger partial charge on any atom is -0.469 e. The predicted molar refractivity (Wildman–Crippen MR) is 79.3 cm³/mol. The summed E-state index contributed by atoms with van der Waals surface area (Å²) in [6.45, 7) is 5.33. The molecule has 2 heteroatoms. The van der Waals surface area contributed by atoms with Crippen molar-refractivity contribution in [2.24, 2.45) is 0 Å². The lowest BCUT2D eigenvalue weighted by Gasteiger charge is -2.18. The molecule has 19 heavy (non-hydrogen) atoms. The van der Waals surface area contributed by atoms with Crippen LogP contribution in [0.3, 0.4) is 0 Å². The SMILES string of the molecule is CCNC(CCc1ccco1)c1ccc(CC)cc1. The molecule has 1 heterocycles. The zero-order valence-corrected chi connectivity index (χ0v) is 11.9. The van der Waals surface area contributed by atoms with Crippen LogP contribution in [0.4, 0.5) is 0 Å². The van der Waals surface area contributed by atoms with Crippen molar-refractivity contribution >= 4 is 0 Å². The lowest BCUT2D eigenvalue weighted by molar-refractivity contribution is 0.458. The monoisotopic (exact) mass is 257 g/mol. The Morgan fingerprint density at radius 2 is 1.89 bits per heavy atom. The van der Waals surface area contributed by atoms with Gasteiger partial charge in [0.1, 0.15) is 5.76 Å². The van der Waals surface area contributed by atoms with Crippen molar-refractivity contribution in [2.45, 2.75) is 39.2 Å². The first-order valence-electron chi connectivity index (χ1n) is 7.18. The van der Waals surface area contributed by atoms with Gasteiger partial charge in [0.2, 0.25) is 0 Å². The fourth-order valence-corrected chi connectivity index (χ4v) is 2.36. The number of hydrogen-bond acceptors (Lipinski definition) is 2. The number of rotatable bonds is 7. The first-order chi connectivity index (χ1) is 9.33. The first-order valence-corrected chi connectivity index (χ1v) is 7.18.